The summed E-state index contributed by atoms with van der Waals surface area (Å²) in [6, 6.07) is 9.13. The molecule has 2 aromatic rings. The van der Waals surface area contributed by atoms with Gasteiger partial charge in [0.05, 0.1) is 6.10 Å². The highest BCUT2D eigenvalue weighted by molar-refractivity contribution is 5.80. The second-order valence-corrected chi connectivity index (χ2v) is 6.37. The molecule has 1 saturated heterocycles. The molecule has 2 unspecified atom stereocenters. The van der Waals surface area contributed by atoms with E-state index < -0.39 is 6.04 Å². The van der Waals surface area contributed by atoms with Gasteiger partial charge < -0.3 is 10.1 Å². The largest absolute Gasteiger partial charge is 0.376 e. The Morgan fingerprint density at radius 3 is 2.83 bits per heavy atom. The number of benzene rings is 1. The Bertz CT molecular complexity index is 665. The fraction of sp³-hybridized carbons (Fsp3) is 0.529. The van der Waals surface area contributed by atoms with Crippen LogP contribution in [-0.4, -0.2) is 45.4 Å². The lowest BCUT2D eigenvalue weighted by atomic mass is 10.0. The number of carbonyl (C=O) groups is 1. The van der Waals surface area contributed by atoms with Gasteiger partial charge in [-0.3, -0.25) is 4.79 Å². The van der Waals surface area contributed by atoms with E-state index in [0.29, 0.717) is 12.4 Å². The average molecular weight is 329 g/mol. The van der Waals surface area contributed by atoms with Crippen molar-refractivity contribution in [3.05, 3.63) is 30.3 Å². The highest BCUT2D eigenvalue weighted by Gasteiger charge is 2.28. The Kier molecular flexibility index (Phi) is 5.20. The zero-order valence-electron chi connectivity index (χ0n) is 14.1. The van der Waals surface area contributed by atoms with E-state index in [9.17, 15) is 4.79 Å². The topological polar surface area (TPSA) is 81.9 Å². The molecule has 24 heavy (non-hydrogen) atoms. The van der Waals surface area contributed by atoms with Gasteiger partial charge in [-0.2, -0.15) is 4.80 Å². The minimum Gasteiger partial charge on any atom is -0.376 e. The number of ether oxygens (including phenoxy) is 1. The van der Waals surface area contributed by atoms with Crippen molar-refractivity contribution in [1.29, 1.82) is 0 Å². The van der Waals surface area contributed by atoms with E-state index in [1.807, 2.05) is 44.2 Å². The third kappa shape index (κ3) is 3.79. The molecule has 1 fully saturated rings. The van der Waals surface area contributed by atoms with Gasteiger partial charge in [0.1, 0.15) is 0 Å². The number of carbonyl (C=O) groups excluding carboxylic acids is 1. The van der Waals surface area contributed by atoms with Crippen molar-refractivity contribution < 1.29 is 9.53 Å². The minimum absolute atomic E-state index is 0.0484. The van der Waals surface area contributed by atoms with Gasteiger partial charge in [-0.15, -0.1) is 10.2 Å². The van der Waals surface area contributed by atoms with Gasteiger partial charge in [0.2, 0.25) is 11.7 Å². The molecule has 128 valence electrons. The summed E-state index contributed by atoms with van der Waals surface area (Å²) in [5.41, 5.74) is 0.881. The van der Waals surface area contributed by atoms with Crippen LogP contribution >= 0.6 is 0 Å². The average Bonchev–Trinajstić information content (AvgIpc) is 3.25. The number of hydrogen-bond donors (Lipinski definition) is 1. The van der Waals surface area contributed by atoms with Crippen LogP contribution < -0.4 is 5.32 Å². The number of amides is 1. The summed E-state index contributed by atoms with van der Waals surface area (Å²) in [4.78, 5) is 14.0. The van der Waals surface area contributed by atoms with Gasteiger partial charge in [0.15, 0.2) is 6.04 Å². The molecule has 0 saturated carbocycles. The summed E-state index contributed by atoms with van der Waals surface area (Å²) >= 11 is 0. The monoisotopic (exact) mass is 329 g/mol. The lowest BCUT2D eigenvalue weighted by Gasteiger charge is -2.20. The van der Waals surface area contributed by atoms with E-state index in [1.54, 1.807) is 0 Å². The molecule has 1 aliphatic heterocycles. The molecule has 7 heteroatoms. The summed E-state index contributed by atoms with van der Waals surface area (Å²) in [6.07, 6.45) is 2.16. The molecule has 1 aromatic carbocycles. The molecular formula is C17H23N5O2. The fourth-order valence-corrected chi connectivity index (χ4v) is 2.84. The van der Waals surface area contributed by atoms with Crippen molar-refractivity contribution in [2.45, 2.75) is 38.8 Å². The first-order valence-electron chi connectivity index (χ1n) is 8.39. The van der Waals surface area contributed by atoms with Crippen molar-refractivity contribution in [2.75, 3.05) is 13.2 Å². The Morgan fingerprint density at radius 1 is 1.38 bits per heavy atom. The van der Waals surface area contributed by atoms with Crippen molar-refractivity contribution in [2.24, 2.45) is 5.92 Å². The van der Waals surface area contributed by atoms with Crippen LogP contribution in [0.5, 0.6) is 0 Å². The molecule has 0 aliphatic carbocycles. The van der Waals surface area contributed by atoms with Gasteiger partial charge in [-0.05, 0) is 24.0 Å². The number of nitrogens with one attached hydrogen (secondary N) is 1. The zero-order valence-corrected chi connectivity index (χ0v) is 14.1. The molecular weight excluding hydrogens is 306 g/mol. The van der Waals surface area contributed by atoms with Crippen LogP contribution in [0.4, 0.5) is 0 Å². The van der Waals surface area contributed by atoms with Gasteiger partial charge in [-0.1, -0.05) is 44.2 Å². The van der Waals surface area contributed by atoms with Crippen LogP contribution in [-0.2, 0) is 9.53 Å². The second kappa shape index (κ2) is 7.53. The van der Waals surface area contributed by atoms with Crippen LogP contribution in [0.2, 0.25) is 0 Å². The van der Waals surface area contributed by atoms with Crippen molar-refractivity contribution in [3.8, 4) is 11.4 Å². The SMILES string of the molecule is CC(C)C(C(=O)NCC1CCCO1)n1nnc(-c2ccccc2)n1. The van der Waals surface area contributed by atoms with Crippen molar-refractivity contribution in [1.82, 2.24) is 25.5 Å². The molecule has 7 nitrogen and oxygen atoms in total. The number of aromatic nitrogens is 4. The first-order valence-corrected chi connectivity index (χ1v) is 8.39. The lowest BCUT2D eigenvalue weighted by Crippen LogP contribution is -2.40. The quantitative estimate of drug-likeness (QED) is 0.874. The molecule has 1 N–H and O–H groups in total. The summed E-state index contributed by atoms with van der Waals surface area (Å²) in [7, 11) is 0. The molecule has 1 amide bonds. The maximum absolute atomic E-state index is 12.6. The van der Waals surface area contributed by atoms with E-state index in [-0.39, 0.29) is 17.9 Å². The summed E-state index contributed by atoms with van der Waals surface area (Å²) < 4.78 is 5.55. The van der Waals surface area contributed by atoms with Crippen molar-refractivity contribution >= 4 is 5.91 Å². The van der Waals surface area contributed by atoms with Gasteiger partial charge in [0, 0.05) is 18.7 Å². The maximum atomic E-state index is 12.6. The number of rotatable bonds is 6. The van der Waals surface area contributed by atoms with E-state index in [1.165, 1.54) is 4.80 Å². The summed E-state index contributed by atoms with van der Waals surface area (Å²) in [6.45, 7) is 5.26. The van der Waals surface area contributed by atoms with Crippen LogP contribution in [0.3, 0.4) is 0 Å². The Labute approximate surface area is 141 Å². The Hall–Kier alpha value is -2.28. The molecule has 3 rings (SSSR count). The summed E-state index contributed by atoms with van der Waals surface area (Å²) in [5, 5.41) is 15.6. The predicted molar refractivity (Wildman–Crippen MR) is 89.1 cm³/mol. The molecule has 2 atom stereocenters. The molecule has 0 spiro atoms. The fourth-order valence-electron chi connectivity index (χ4n) is 2.84. The van der Waals surface area contributed by atoms with E-state index in [0.717, 1.165) is 25.0 Å². The van der Waals surface area contributed by atoms with Gasteiger partial charge in [-0.25, -0.2) is 0 Å². The standard InChI is InChI=1S/C17H23N5O2/c1-12(2)15(17(23)18-11-14-9-6-10-24-14)22-20-16(19-21-22)13-7-4-3-5-8-13/h3-5,7-8,12,14-15H,6,9-11H2,1-2H3,(H,18,23). The highest BCUT2D eigenvalue weighted by atomic mass is 16.5. The minimum atomic E-state index is -0.489. The molecule has 0 bridgehead atoms. The smallest absolute Gasteiger partial charge is 0.247 e. The highest BCUT2D eigenvalue weighted by Crippen LogP contribution is 2.19. The molecule has 2 heterocycles. The Morgan fingerprint density at radius 2 is 2.17 bits per heavy atom. The zero-order chi connectivity index (χ0) is 16.9. The third-order valence-corrected chi connectivity index (χ3v) is 4.14. The van der Waals surface area contributed by atoms with Crippen LogP contribution in [0.1, 0.15) is 32.7 Å². The maximum Gasteiger partial charge on any atom is 0.247 e. The van der Waals surface area contributed by atoms with Crippen molar-refractivity contribution in [3.63, 3.8) is 0 Å². The van der Waals surface area contributed by atoms with E-state index in [4.69, 9.17) is 4.74 Å². The van der Waals surface area contributed by atoms with Gasteiger partial charge in [0.25, 0.3) is 0 Å². The van der Waals surface area contributed by atoms with Crippen LogP contribution in [0, 0.1) is 5.92 Å². The normalized spacial score (nSPS) is 18.7. The van der Waals surface area contributed by atoms with E-state index >= 15 is 0 Å². The summed E-state index contributed by atoms with van der Waals surface area (Å²) in [5.74, 6) is 0.470. The predicted octanol–water partition coefficient (Wildman–Crippen LogP) is 1.83. The second-order valence-electron chi connectivity index (χ2n) is 6.37. The molecule has 0 radical (unpaired) electrons. The number of tetrazole rings is 1. The molecule has 1 aliphatic rings. The lowest BCUT2D eigenvalue weighted by molar-refractivity contribution is -0.126. The molecule has 1 aromatic heterocycles. The number of nitrogens with zero attached hydrogens (tertiary/aromatic N) is 4. The Balaban J connectivity index is 1.71. The third-order valence-electron chi connectivity index (χ3n) is 4.14. The van der Waals surface area contributed by atoms with Crippen LogP contribution in [0.15, 0.2) is 30.3 Å². The van der Waals surface area contributed by atoms with Gasteiger partial charge >= 0.3 is 0 Å². The number of hydrogen-bond acceptors (Lipinski definition) is 5. The first kappa shape index (κ1) is 16.6. The van der Waals surface area contributed by atoms with E-state index in [2.05, 4.69) is 20.7 Å². The first-order chi connectivity index (χ1) is 11.6. The van der Waals surface area contributed by atoms with Crippen LogP contribution in [0.25, 0.3) is 11.4 Å².